The molecule has 82 valence electrons. The van der Waals surface area contributed by atoms with E-state index in [0.717, 1.165) is 0 Å². The molecule has 0 aromatic rings. The molecule has 0 saturated carbocycles. The van der Waals surface area contributed by atoms with Gasteiger partial charge >= 0.3 is 11.9 Å². The van der Waals surface area contributed by atoms with E-state index in [1.54, 1.807) is 13.8 Å². The molecule has 2 unspecified atom stereocenters. The Hall–Kier alpha value is -0.770. The van der Waals surface area contributed by atoms with E-state index in [1.807, 2.05) is 0 Å². The number of halogens is 1. The highest BCUT2D eigenvalue weighted by molar-refractivity contribution is 6.31. The summed E-state index contributed by atoms with van der Waals surface area (Å²) in [5, 5.41) is -0.978. The minimum atomic E-state index is -0.978. The lowest BCUT2D eigenvalue weighted by molar-refractivity contribution is -0.153. The first-order chi connectivity index (χ1) is 6.54. The predicted octanol–water partition coefficient (Wildman–Crippen LogP) is 1.36. The third-order valence-electron chi connectivity index (χ3n) is 1.61. The SMILES string of the molecule is CCOC(=O)C(C)C(Cl)C(=O)OCC. The molecule has 0 rings (SSSR count). The van der Waals surface area contributed by atoms with Gasteiger partial charge in [0.15, 0.2) is 0 Å². The van der Waals surface area contributed by atoms with Gasteiger partial charge in [0.05, 0.1) is 19.1 Å². The second-order valence-corrected chi connectivity index (χ2v) is 3.16. The fourth-order valence-corrected chi connectivity index (χ4v) is 0.985. The summed E-state index contributed by atoms with van der Waals surface area (Å²) >= 11 is 5.72. The van der Waals surface area contributed by atoms with Crippen LogP contribution in [0.5, 0.6) is 0 Å². The highest BCUT2D eigenvalue weighted by atomic mass is 35.5. The Morgan fingerprint density at radius 1 is 1.14 bits per heavy atom. The molecule has 0 amide bonds. The quantitative estimate of drug-likeness (QED) is 0.521. The van der Waals surface area contributed by atoms with Crippen molar-refractivity contribution in [2.45, 2.75) is 26.1 Å². The number of ether oxygens (including phenoxy) is 2. The molecule has 0 aliphatic rings. The minimum Gasteiger partial charge on any atom is -0.466 e. The highest BCUT2D eigenvalue weighted by Gasteiger charge is 2.30. The molecule has 0 bridgehead atoms. The lowest BCUT2D eigenvalue weighted by atomic mass is 10.1. The third-order valence-corrected chi connectivity index (χ3v) is 2.17. The molecule has 0 heterocycles. The summed E-state index contributed by atoms with van der Waals surface area (Å²) in [7, 11) is 0. The van der Waals surface area contributed by atoms with Gasteiger partial charge in [0.25, 0.3) is 0 Å². The van der Waals surface area contributed by atoms with Crippen molar-refractivity contribution in [3.8, 4) is 0 Å². The number of esters is 2. The van der Waals surface area contributed by atoms with Crippen LogP contribution < -0.4 is 0 Å². The van der Waals surface area contributed by atoms with Gasteiger partial charge in [0.1, 0.15) is 5.38 Å². The summed E-state index contributed by atoms with van der Waals surface area (Å²) in [6.07, 6.45) is 0. The van der Waals surface area contributed by atoms with Crippen molar-refractivity contribution in [3.05, 3.63) is 0 Å². The maximum atomic E-state index is 11.2. The first-order valence-corrected chi connectivity index (χ1v) is 4.95. The number of carbonyl (C=O) groups excluding carboxylic acids is 2. The van der Waals surface area contributed by atoms with E-state index in [-0.39, 0.29) is 13.2 Å². The molecule has 0 aliphatic heterocycles. The Balaban J connectivity index is 4.16. The van der Waals surface area contributed by atoms with E-state index >= 15 is 0 Å². The average molecular weight is 223 g/mol. The molecule has 5 heteroatoms. The fourth-order valence-electron chi connectivity index (χ4n) is 0.819. The standard InChI is InChI=1S/C9H15ClO4/c1-4-13-8(11)6(3)7(10)9(12)14-5-2/h6-7H,4-5H2,1-3H3. The fraction of sp³-hybridized carbons (Fsp3) is 0.778. The van der Waals surface area contributed by atoms with Crippen molar-refractivity contribution in [2.75, 3.05) is 13.2 Å². The summed E-state index contributed by atoms with van der Waals surface area (Å²) in [5.74, 6) is -1.76. The lowest BCUT2D eigenvalue weighted by Crippen LogP contribution is -2.31. The van der Waals surface area contributed by atoms with Crippen molar-refractivity contribution in [3.63, 3.8) is 0 Å². The molecule has 14 heavy (non-hydrogen) atoms. The number of hydrogen-bond acceptors (Lipinski definition) is 4. The maximum absolute atomic E-state index is 11.2. The zero-order valence-corrected chi connectivity index (χ0v) is 9.34. The minimum absolute atomic E-state index is 0.248. The van der Waals surface area contributed by atoms with Crippen LogP contribution in [-0.2, 0) is 19.1 Å². The third kappa shape index (κ3) is 3.96. The maximum Gasteiger partial charge on any atom is 0.324 e. The van der Waals surface area contributed by atoms with E-state index < -0.39 is 23.2 Å². The van der Waals surface area contributed by atoms with Crippen molar-refractivity contribution >= 4 is 23.5 Å². The molecule has 0 saturated heterocycles. The number of hydrogen-bond donors (Lipinski definition) is 0. The number of carbonyl (C=O) groups is 2. The first-order valence-electron chi connectivity index (χ1n) is 4.51. The van der Waals surface area contributed by atoms with Crippen molar-refractivity contribution in [1.29, 1.82) is 0 Å². The van der Waals surface area contributed by atoms with Crippen LogP contribution in [0.2, 0.25) is 0 Å². The van der Waals surface area contributed by atoms with Crippen LogP contribution in [0.4, 0.5) is 0 Å². The normalized spacial score (nSPS) is 14.3. The summed E-state index contributed by atoms with van der Waals surface area (Å²) in [6, 6.07) is 0. The summed E-state index contributed by atoms with van der Waals surface area (Å²) in [4.78, 5) is 22.3. The van der Waals surface area contributed by atoms with Gasteiger partial charge in [0.2, 0.25) is 0 Å². The number of rotatable bonds is 5. The van der Waals surface area contributed by atoms with Crippen molar-refractivity contribution in [1.82, 2.24) is 0 Å². The van der Waals surface area contributed by atoms with Gasteiger partial charge in [-0.2, -0.15) is 0 Å². The van der Waals surface area contributed by atoms with E-state index in [4.69, 9.17) is 16.3 Å². The van der Waals surface area contributed by atoms with E-state index in [9.17, 15) is 9.59 Å². The molecule has 0 aromatic heterocycles. The molecular weight excluding hydrogens is 208 g/mol. The average Bonchev–Trinajstić information content (AvgIpc) is 2.16. The van der Waals surface area contributed by atoms with Crippen LogP contribution in [0, 0.1) is 5.92 Å². The monoisotopic (exact) mass is 222 g/mol. The van der Waals surface area contributed by atoms with Crippen molar-refractivity contribution in [2.24, 2.45) is 5.92 Å². The van der Waals surface area contributed by atoms with Gasteiger partial charge in [0, 0.05) is 0 Å². The molecule has 0 spiro atoms. The Kier molecular flexibility index (Phi) is 6.28. The summed E-state index contributed by atoms with van der Waals surface area (Å²) in [6.45, 7) is 5.43. The zero-order chi connectivity index (χ0) is 11.1. The Morgan fingerprint density at radius 2 is 1.57 bits per heavy atom. The molecule has 0 radical (unpaired) electrons. The van der Waals surface area contributed by atoms with Crippen LogP contribution in [0.3, 0.4) is 0 Å². The highest BCUT2D eigenvalue weighted by Crippen LogP contribution is 2.14. The van der Waals surface area contributed by atoms with E-state index in [0.29, 0.717) is 0 Å². The largest absolute Gasteiger partial charge is 0.466 e. The van der Waals surface area contributed by atoms with Gasteiger partial charge in [-0.15, -0.1) is 11.6 Å². The van der Waals surface area contributed by atoms with Gasteiger partial charge in [-0.3, -0.25) is 9.59 Å². The second kappa shape index (κ2) is 6.65. The molecule has 0 N–H and O–H groups in total. The van der Waals surface area contributed by atoms with Crippen LogP contribution in [0.1, 0.15) is 20.8 Å². The Labute approximate surface area is 88.5 Å². The molecule has 2 atom stereocenters. The van der Waals surface area contributed by atoms with E-state index in [1.165, 1.54) is 6.92 Å². The zero-order valence-electron chi connectivity index (χ0n) is 8.58. The van der Waals surface area contributed by atoms with E-state index in [2.05, 4.69) is 4.74 Å². The predicted molar refractivity (Wildman–Crippen MR) is 52.1 cm³/mol. The second-order valence-electron chi connectivity index (χ2n) is 2.69. The van der Waals surface area contributed by atoms with Crippen molar-refractivity contribution < 1.29 is 19.1 Å². The lowest BCUT2D eigenvalue weighted by Gasteiger charge is -2.14. The van der Waals surface area contributed by atoms with Crippen LogP contribution in [0.25, 0.3) is 0 Å². The molecule has 0 aliphatic carbocycles. The molecular formula is C9H15ClO4. The summed E-state index contributed by atoms with van der Waals surface area (Å²) < 4.78 is 9.40. The Morgan fingerprint density at radius 3 is 2.00 bits per heavy atom. The molecule has 0 aromatic carbocycles. The first kappa shape index (κ1) is 13.2. The molecule has 0 fully saturated rings. The van der Waals surface area contributed by atoms with Gasteiger partial charge in [-0.25, -0.2) is 0 Å². The van der Waals surface area contributed by atoms with Gasteiger partial charge in [-0.1, -0.05) is 0 Å². The number of alkyl halides is 1. The van der Waals surface area contributed by atoms with Crippen LogP contribution in [-0.4, -0.2) is 30.5 Å². The van der Waals surface area contributed by atoms with Crippen LogP contribution >= 0.6 is 11.6 Å². The topological polar surface area (TPSA) is 52.6 Å². The smallest absolute Gasteiger partial charge is 0.324 e. The Bertz CT molecular complexity index is 183. The summed E-state index contributed by atoms with van der Waals surface area (Å²) in [5.41, 5.74) is 0. The van der Waals surface area contributed by atoms with Gasteiger partial charge < -0.3 is 9.47 Å². The van der Waals surface area contributed by atoms with Crippen LogP contribution in [0.15, 0.2) is 0 Å². The molecule has 4 nitrogen and oxygen atoms in total. The van der Waals surface area contributed by atoms with Gasteiger partial charge in [-0.05, 0) is 20.8 Å².